The lowest BCUT2D eigenvalue weighted by Gasteiger charge is -2.29. The van der Waals surface area contributed by atoms with E-state index in [-0.39, 0.29) is 35.1 Å². The van der Waals surface area contributed by atoms with Gasteiger partial charge in [0.25, 0.3) is 10.0 Å². The van der Waals surface area contributed by atoms with Crippen molar-refractivity contribution in [3.8, 4) is 0 Å². The predicted molar refractivity (Wildman–Crippen MR) is 70.8 cm³/mol. The molecule has 1 N–H and O–H groups in total. The Morgan fingerprint density at radius 1 is 1.57 bits per heavy atom. The average Bonchev–Trinajstić information content (AvgIpc) is 2.88. The van der Waals surface area contributed by atoms with Crippen LogP contribution in [0.25, 0.3) is 0 Å². The number of carbonyl (C=O) groups is 1. The second kappa shape index (κ2) is 6.37. The van der Waals surface area contributed by atoms with Crippen molar-refractivity contribution in [2.75, 3.05) is 25.1 Å². The minimum Gasteiger partial charge on any atom is -0.376 e. The van der Waals surface area contributed by atoms with Gasteiger partial charge in [-0.3, -0.25) is 4.79 Å². The number of amides is 1. The van der Waals surface area contributed by atoms with E-state index in [0.29, 0.717) is 0 Å². The second-order valence-corrected chi connectivity index (χ2v) is 6.99. The van der Waals surface area contributed by atoms with Crippen molar-refractivity contribution in [1.29, 1.82) is 0 Å². The molecule has 1 amide bonds. The molecular formula is C9H11N5O5S2. The zero-order chi connectivity index (χ0) is 15.5. The van der Waals surface area contributed by atoms with Gasteiger partial charge in [-0.1, -0.05) is 11.3 Å². The Bertz CT molecular complexity index is 680. The van der Waals surface area contributed by atoms with Gasteiger partial charge in [-0.15, -0.1) is 10.2 Å². The highest BCUT2D eigenvalue weighted by Gasteiger charge is 2.36. The molecule has 1 aliphatic rings. The number of ether oxygens (including phenoxy) is 1. The SMILES string of the molecule is CC(=O)Nc1nnc(S(=O)(=O)N2CCOCC2N=C=O)s1. The number of carbonyl (C=O) groups excluding carboxylic acids is 2. The van der Waals surface area contributed by atoms with E-state index in [1.165, 1.54) is 13.0 Å². The van der Waals surface area contributed by atoms with Crippen molar-refractivity contribution >= 4 is 38.5 Å². The molecule has 1 unspecified atom stereocenters. The number of nitrogens with zero attached hydrogens (tertiary/aromatic N) is 4. The largest absolute Gasteiger partial charge is 0.376 e. The Labute approximate surface area is 123 Å². The summed E-state index contributed by atoms with van der Waals surface area (Å²) in [7, 11) is -3.97. The highest BCUT2D eigenvalue weighted by Crippen LogP contribution is 2.26. The summed E-state index contributed by atoms with van der Waals surface area (Å²) in [5.74, 6) is -0.384. The van der Waals surface area contributed by atoms with Crippen LogP contribution in [0.3, 0.4) is 0 Å². The molecule has 0 saturated carbocycles. The zero-order valence-electron chi connectivity index (χ0n) is 10.8. The molecule has 1 saturated heterocycles. The van der Waals surface area contributed by atoms with Gasteiger partial charge in [0.15, 0.2) is 6.17 Å². The second-order valence-electron chi connectivity index (χ2n) is 3.95. The van der Waals surface area contributed by atoms with Gasteiger partial charge >= 0.3 is 0 Å². The summed E-state index contributed by atoms with van der Waals surface area (Å²) < 4.78 is 30.7. The summed E-state index contributed by atoms with van der Waals surface area (Å²) in [6.45, 7) is 1.45. The molecule has 1 aliphatic heterocycles. The number of aromatic nitrogens is 2. The van der Waals surface area contributed by atoms with Crippen LogP contribution in [0.15, 0.2) is 9.33 Å². The summed E-state index contributed by atoms with van der Waals surface area (Å²) in [5, 5.41) is 9.56. The first-order valence-electron chi connectivity index (χ1n) is 5.73. The topological polar surface area (TPSA) is 131 Å². The lowest BCUT2D eigenvalue weighted by molar-refractivity contribution is -0.114. The molecule has 0 spiro atoms. The Hall–Kier alpha value is -1.72. The van der Waals surface area contributed by atoms with Crippen LogP contribution in [0.5, 0.6) is 0 Å². The zero-order valence-corrected chi connectivity index (χ0v) is 12.5. The minimum absolute atomic E-state index is 0.0350. The van der Waals surface area contributed by atoms with Crippen molar-refractivity contribution in [2.45, 2.75) is 17.4 Å². The lowest BCUT2D eigenvalue weighted by atomic mass is 10.4. The van der Waals surface area contributed by atoms with Gasteiger partial charge < -0.3 is 10.1 Å². The molecule has 1 aromatic rings. The molecule has 1 aromatic heterocycles. The van der Waals surface area contributed by atoms with Crippen molar-refractivity contribution in [1.82, 2.24) is 14.5 Å². The third-order valence-electron chi connectivity index (χ3n) is 2.48. The lowest BCUT2D eigenvalue weighted by Crippen LogP contribution is -2.47. The minimum atomic E-state index is -3.97. The van der Waals surface area contributed by atoms with Crippen LogP contribution in [-0.4, -0.2) is 60.8 Å². The molecule has 0 aliphatic carbocycles. The molecular weight excluding hydrogens is 322 g/mol. The Morgan fingerprint density at radius 2 is 2.33 bits per heavy atom. The third-order valence-corrected chi connectivity index (χ3v) is 5.56. The monoisotopic (exact) mass is 333 g/mol. The van der Waals surface area contributed by atoms with E-state index in [4.69, 9.17) is 4.74 Å². The maximum absolute atomic E-state index is 12.4. The number of sulfonamides is 1. The summed E-state index contributed by atoms with van der Waals surface area (Å²) in [4.78, 5) is 24.7. The van der Waals surface area contributed by atoms with Gasteiger partial charge in [-0.05, 0) is 0 Å². The Kier molecular flexibility index (Phi) is 4.75. The van der Waals surface area contributed by atoms with Crippen LogP contribution < -0.4 is 5.32 Å². The average molecular weight is 333 g/mol. The van der Waals surface area contributed by atoms with E-state index in [2.05, 4.69) is 20.5 Å². The van der Waals surface area contributed by atoms with Gasteiger partial charge in [0.05, 0.1) is 13.2 Å². The standard InChI is InChI=1S/C9H11N5O5S2/c1-6(16)11-8-12-13-9(20-8)21(17,18)14-2-3-19-4-7(14)10-5-15/h7H,2-4H2,1H3,(H,11,12,16). The molecule has 10 nitrogen and oxygen atoms in total. The van der Waals surface area contributed by atoms with Gasteiger partial charge in [0.2, 0.25) is 21.5 Å². The molecule has 0 aromatic carbocycles. The van der Waals surface area contributed by atoms with Crippen LogP contribution in [0.1, 0.15) is 6.92 Å². The highest BCUT2D eigenvalue weighted by molar-refractivity contribution is 7.91. The van der Waals surface area contributed by atoms with Crippen LogP contribution in [-0.2, 0) is 24.3 Å². The van der Waals surface area contributed by atoms with E-state index >= 15 is 0 Å². The van der Waals surface area contributed by atoms with E-state index in [1.54, 1.807) is 0 Å². The number of aliphatic imine (C=N–C) groups is 1. The summed E-state index contributed by atoms with van der Waals surface area (Å²) in [6, 6.07) is 0. The third kappa shape index (κ3) is 3.49. The van der Waals surface area contributed by atoms with Crippen LogP contribution >= 0.6 is 11.3 Å². The number of anilines is 1. The quantitative estimate of drug-likeness (QED) is 0.432. The van der Waals surface area contributed by atoms with Crippen molar-refractivity contribution in [3.05, 3.63) is 0 Å². The number of hydrogen-bond acceptors (Lipinski definition) is 9. The molecule has 0 bridgehead atoms. The van der Waals surface area contributed by atoms with Gasteiger partial charge in [0, 0.05) is 13.5 Å². The predicted octanol–water partition coefficient (Wildman–Crippen LogP) is -0.821. The van der Waals surface area contributed by atoms with E-state index < -0.39 is 16.2 Å². The van der Waals surface area contributed by atoms with Crippen LogP contribution in [0.2, 0.25) is 0 Å². The first-order valence-corrected chi connectivity index (χ1v) is 7.98. The first kappa shape index (κ1) is 15.7. The molecule has 1 atom stereocenters. The van der Waals surface area contributed by atoms with Crippen LogP contribution in [0, 0.1) is 0 Å². The Morgan fingerprint density at radius 3 is 3.00 bits per heavy atom. The number of morpholine rings is 1. The molecule has 114 valence electrons. The van der Waals surface area contributed by atoms with Crippen molar-refractivity contribution in [3.63, 3.8) is 0 Å². The number of hydrogen-bond donors (Lipinski definition) is 1. The fraction of sp³-hybridized carbons (Fsp3) is 0.556. The molecule has 2 heterocycles. The van der Waals surface area contributed by atoms with E-state index in [1.807, 2.05) is 0 Å². The fourth-order valence-corrected chi connectivity index (χ4v) is 4.19. The smallest absolute Gasteiger partial charge is 0.274 e. The number of nitrogens with one attached hydrogen (secondary N) is 1. The summed E-state index contributed by atoms with van der Waals surface area (Å²) in [6.07, 6.45) is 0.344. The Balaban J connectivity index is 2.29. The number of isocyanates is 1. The molecule has 2 rings (SSSR count). The van der Waals surface area contributed by atoms with E-state index in [9.17, 15) is 18.0 Å². The van der Waals surface area contributed by atoms with E-state index in [0.717, 1.165) is 15.6 Å². The molecule has 1 fully saturated rings. The maximum Gasteiger partial charge on any atom is 0.274 e. The van der Waals surface area contributed by atoms with Gasteiger partial charge in [-0.2, -0.15) is 9.30 Å². The normalized spacial score (nSPS) is 19.8. The number of rotatable bonds is 4. The van der Waals surface area contributed by atoms with Crippen LogP contribution in [0.4, 0.5) is 5.13 Å². The molecule has 0 radical (unpaired) electrons. The maximum atomic E-state index is 12.4. The van der Waals surface area contributed by atoms with Crippen molar-refractivity contribution in [2.24, 2.45) is 4.99 Å². The molecule has 21 heavy (non-hydrogen) atoms. The summed E-state index contributed by atoms with van der Waals surface area (Å²) in [5.41, 5.74) is 0. The first-order chi connectivity index (χ1) is 9.95. The van der Waals surface area contributed by atoms with Gasteiger partial charge in [0.1, 0.15) is 0 Å². The van der Waals surface area contributed by atoms with Gasteiger partial charge in [-0.25, -0.2) is 13.2 Å². The summed E-state index contributed by atoms with van der Waals surface area (Å²) >= 11 is 0.717. The fourth-order valence-electron chi connectivity index (χ4n) is 1.63. The highest BCUT2D eigenvalue weighted by atomic mass is 32.2. The van der Waals surface area contributed by atoms with Crippen molar-refractivity contribution < 1.29 is 22.7 Å². The molecule has 12 heteroatoms.